The van der Waals surface area contributed by atoms with Crippen LogP contribution >= 0.6 is 0 Å². The maximum atomic E-state index is 12.5. The van der Waals surface area contributed by atoms with Gasteiger partial charge in [-0.3, -0.25) is 4.79 Å². The Bertz CT molecular complexity index is 750. The lowest BCUT2D eigenvalue weighted by atomic mass is 10.1. The number of amides is 2. The van der Waals surface area contributed by atoms with Gasteiger partial charge in [0.1, 0.15) is 11.3 Å². The van der Waals surface area contributed by atoms with Crippen molar-refractivity contribution in [1.82, 2.24) is 4.90 Å². The van der Waals surface area contributed by atoms with Crippen LogP contribution in [0.15, 0.2) is 42.6 Å². The van der Waals surface area contributed by atoms with Crippen molar-refractivity contribution in [2.45, 2.75) is 46.3 Å². The van der Waals surface area contributed by atoms with E-state index in [4.69, 9.17) is 14.2 Å². The van der Waals surface area contributed by atoms with E-state index in [2.05, 4.69) is 6.58 Å². The molecule has 0 fully saturated rings. The Labute approximate surface area is 164 Å². The first kappa shape index (κ1) is 22.9. The van der Waals surface area contributed by atoms with Gasteiger partial charge in [0, 0.05) is 12.5 Å². The van der Waals surface area contributed by atoms with Crippen LogP contribution in [0.25, 0.3) is 0 Å². The van der Waals surface area contributed by atoms with Gasteiger partial charge in [-0.15, -0.1) is 0 Å². The fourth-order valence-corrected chi connectivity index (χ4v) is 2.10. The normalized spacial score (nSPS) is 11.8. The highest BCUT2D eigenvalue weighted by molar-refractivity contribution is 6.02. The number of carbonyl (C=O) groups is 4. The van der Waals surface area contributed by atoms with E-state index in [1.54, 1.807) is 58.0 Å². The van der Waals surface area contributed by atoms with Gasteiger partial charge in [-0.2, -0.15) is 0 Å². The van der Waals surface area contributed by atoms with Crippen LogP contribution in [-0.2, 0) is 28.6 Å². The molecule has 0 aliphatic rings. The quantitative estimate of drug-likeness (QED) is 0.417. The maximum Gasteiger partial charge on any atom is 0.421 e. The molecule has 0 aliphatic heterocycles. The third-order valence-corrected chi connectivity index (χ3v) is 3.22. The molecule has 0 radical (unpaired) electrons. The van der Waals surface area contributed by atoms with Gasteiger partial charge in [0.15, 0.2) is 0 Å². The molecule has 152 valence electrons. The van der Waals surface area contributed by atoms with Crippen molar-refractivity contribution in [3.05, 3.63) is 48.2 Å². The van der Waals surface area contributed by atoms with Gasteiger partial charge < -0.3 is 14.2 Å². The lowest BCUT2D eigenvalue weighted by Gasteiger charge is -2.26. The van der Waals surface area contributed by atoms with Crippen LogP contribution in [0.2, 0.25) is 0 Å². The predicted octanol–water partition coefficient (Wildman–Crippen LogP) is 3.13. The van der Waals surface area contributed by atoms with Gasteiger partial charge in [-0.05, 0) is 27.7 Å². The summed E-state index contributed by atoms with van der Waals surface area (Å²) >= 11 is 0. The van der Waals surface area contributed by atoms with E-state index in [1.807, 2.05) is 0 Å². The zero-order valence-corrected chi connectivity index (χ0v) is 16.7. The van der Waals surface area contributed by atoms with E-state index in [9.17, 15) is 19.2 Å². The standard InChI is InChI=1S/C20H25NO7/c1-7-26-18(24)16(15-11-9-8-10-12-15)27-17(23)13(2)21(14(3)22)19(25)28-20(4,5)6/h8-12,16H,2,7H2,1,3-6H3/t16-/m0/s1. The third kappa shape index (κ3) is 6.53. The van der Waals surface area contributed by atoms with Crippen LogP contribution < -0.4 is 0 Å². The van der Waals surface area contributed by atoms with E-state index >= 15 is 0 Å². The third-order valence-electron chi connectivity index (χ3n) is 3.22. The topological polar surface area (TPSA) is 99.2 Å². The molecular formula is C20H25NO7. The molecule has 1 atom stereocenters. The van der Waals surface area contributed by atoms with Crippen LogP contribution in [0, 0.1) is 0 Å². The second-order valence-electron chi connectivity index (χ2n) is 6.73. The highest BCUT2D eigenvalue weighted by Crippen LogP contribution is 2.22. The predicted molar refractivity (Wildman–Crippen MR) is 99.8 cm³/mol. The van der Waals surface area contributed by atoms with Gasteiger partial charge in [-0.1, -0.05) is 36.9 Å². The Morgan fingerprint density at radius 1 is 1.11 bits per heavy atom. The minimum absolute atomic E-state index is 0.0815. The van der Waals surface area contributed by atoms with Crippen molar-refractivity contribution in [1.29, 1.82) is 0 Å². The average Bonchev–Trinajstić information content (AvgIpc) is 2.58. The van der Waals surface area contributed by atoms with Gasteiger partial charge in [0.2, 0.25) is 12.0 Å². The lowest BCUT2D eigenvalue weighted by Crippen LogP contribution is -2.41. The van der Waals surface area contributed by atoms with E-state index < -0.39 is 41.3 Å². The van der Waals surface area contributed by atoms with Gasteiger partial charge in [0.25, 0.3) is 0 Å². The van der Waals surface area contributed by atoms with Crippen molar-refractivity contribution in [2.75, 3.05) is 6.61 Å². The van der Waals surface area contributed by atoms with E-state index in [-0.39, 0.29) is 6.61 Å². The Kier molecular flexibility index (Phi) is 7.91. The van der Waals surface area contributed by atoms with Crippen molar-refractivity contribution in [2.24, 2.45) is 0 Å². The molecule has 0 saturated heterocycles. The molecule has 0 unspecified atom stereocenters. The summed E-state index contributed by atoms with van der Waals surface area (Å²) in [5.41, 5.74) is -1.10. The summed E-state index contributed by atoms with van der Waals surface area (Å²) < 4.78 is 15.3. The molecule has 1 aromatic carbocycles. The maximum absolute atomic E-state index is 12.5. The number of hydrogen-bond acceptors (Lipinski definition) is 7. The molecule has 0 aromatic heterocycles. The summed E-state index contributed by atoms with van der Waals surface area (Å²) in [5, 5.41) is 0. The number of ether oxygens (including phenoxy) is 3. The van der Waals surface area contributed by atoms with E-state index in [0.29, 0.717) is 10.5 Å². The number of rotatable bonds is 6. The molecule has 8 heteroatoms. The van der Waals surface area contributed by atoms with Crippen LogP contribution in [0.5, 0.6) is 0 Å². The summed E-state index contributed by atoms with van der Waals surface area (Å²) in [7, 11) is 0. The molecule has 0 spiro atoms. The summed E-state index contributed by atoms with van der Waals surface area (Å²) in [5.74, 6) is -2.71. The second kappa shape index (κ2) is 9.68. The second-order valence-corrected chi connectivity index (χ2v) is 6.73. The molecule has 2 amide bonds. The Morgan fingerprint density at radius 3 is 2.14 bits per heavy atom. The highest BCUT2D eigenvalue weighted by atomic mass is 16.6. The number of esters is 2. The number of carbonyl (C=O) groups excluding carboxylic acids is 4. The minimum atomic E-state index is -1.38. The number of hydrogen-bond donors (Lipinski definition) is 0. The number of imide groups is 1. The molecule has 0 bridgehead atoms. The summed E-state index contributed by atoms with van der Waals surface area (Å²) in [4.78, 5) is 49.3. The molecular weight excluding hydrogens is 366 g/mol. The molecule has 8 nitrogen and oxygen atoms in total. The fraction of sp³-hybridized carbons (Fsp3) is 0.400. The molecule has 28 heavy (non-hydrogen) atoms. The zero-order chi connectivity index (χ0) is 21.5. The molecule has 1 aromatic rings. The molecule has 0 saturated carbocycles. The van der Waals surface area contributed by atoms with Gasteiger partial charge in [0.05, 0.1) is 6.61 Å². The first-order valence-corrected chi connectivity index (χ1v) is 8.63. The molecule has 1 rings (SSSR count). The van der Waals surface area contributed by atoms with E-state index in [1.165, 1.54) is 0 Å². The van der Waals surface area contributed by atoms with Gasteiger partial charge in [-0.25, -0.2) is 19.3 Å². The van der Waals surface area contributed by atoms with Crippen molar-refractivity contribution in [3.8, 4) is 0 Å². The summed E-state index contributed by atoms with van der Waals surface area (Å²) in [6, 6.07) is 8.20. The first-order chi connectivity index (χ1) is 13.0. The lowest BCUT2D eigenvalue weighted by molar-refractivity contribution is -0.167. The molecule has 0 N–H and O–H groups in total. The number of nitrogens with zero attached hydrogens (tertiary/aromatic N) is 1. The van der Waals surface area contributed by atoms with Crippen LogP contribution in [0.3, 0.4) is 0 Å². The summed E-state index contributed by atoms with van der Waals surface area (Å²) in [6.45, 7) is 11.0. The van der Waals surface area contributed by atoms with Crippen LogP contribution in [0.1, 0.15) is 46.3 Å². The van der Waals surface area contributed by atoms with Crippen LogP contribution in [0.4, 0.5) is 4.79 Å². The van der Waals surface area contributed by atoms with Crippen molar-refractivity contribution in [3.63, 3.8) is 0 Å². The van der Waals surface area contributed by atoms with Crippen LogP contribution in [-0.4, -0.2) is 41.0 Å². The van der Waals surface area contributed by atoms with Crippen molar-refractivity contribution >= 4 is 23.9 Å². The Morgan fingerprint density at radius 2 is 1.68 bits per heavy atom. The largest absolute Gasteiger partial charge is 0.463 e. The monoisotopic (exact) mass is 391 g/mol. The highest BCUT2D eigenvalue weighted by Gasteiger charge is 2.34. The Balaban J connectivity index is 3.07. The molecule has 0 heterocycles. The molecule has 0 aliphatic carbocycles. The fourth-order valence-electron chi connectivity index (χ4n) is 2.10. The smallest absolute Gasteiger partial charge is 0.421 e. The SMILES string of the molecule is C=C(C(=O)O[C@H](C(=O)OCC)c1ccccc1)N(C(C)=O)C(=O)OC(C)(C)C. The Hall–Kier alpha value is -3.16. The zero-order valence-electron chi connectivity index (χ0n) is 16.7. The average molecular weight is 391 g/mol. The van der Waals surface area contributed by atoms with Gasteiger partial charge >= 0.3 is 18.0 Å². The van der Waals surface area contributed by atoms with Crippen molar-refractivity contribution < 1.29 is 33.4 Å². The minimum Gasteiger partial charge on any atom is -0.463 e. The number of benzene rings is 1. The first-order valence-electron chi connectivity index (χ1n) is 8.63. The summed E-state index contributed by atoms with van der Waals surface area (Å²) in [6.07, 6.45) is -2.45. The van der Waals surface area contributed by atoms with E-state index in [0.717, 1.165) is 6.92 Å².